The minimum atomic E-state index is -0.0104. The van der Waals surface area contributed by atoms with Gasteiger partial charge in [0.05, 0.1) is 12.1 Å². The zero-order valence-corrected chi connectivity index (χ0v) is 22.2. The Hall–Kier alpha value is -2.01. The summed E-state index contributed by atoms with van der Waals surface area (Å²) >= 11 is 1.79. The number of ether oxygens (including phenoxy) is 1. The molecule has 2 aromatic rings. The first-order chi connectivity index (χ1) is 15.0. The Balaban J connectivity index is 0.00000363. The number of methoxy groups -OCH3 is 1. The third kappa shape index (κ3) is 8.16. The number of nitrogens with one attached hydrogen (secondary N) is 2. The molecular formula is C23H34IN5O2S. The summed E-state index contributed by atoms with van der Waals surface area (Å²) in [5.74, 6) is 1.55. The molecule has 0 atom stereocenters. The highest BCUT2D eigenvalue weighted by Crippen LogP contribution is 2.24. The minimum Gasteiger partial charge on any atom is -0.497 e. The van der Waals surface area contributed by atoms with E-state index in [4.69, 9.17) is 4.74 Å². The van der Waals surface area contributed by atoms with Crippen molar-refractivity contribution in [2.24, 2.45) is 4.99 Å². The molecule has 3 rings (SSSR count). The van der Waals surface area contributed by atoms with E-state index in [1.165, 1.54) is 10.6 Å². The molecule has 2 N–H and O–H groups in total. The largest absolute Gasteiger partial charge is 0.497 e. The summed E-state index contributed by atoms with van der Waals surface area (Å²) in [6.07, 6.45) is 2.94. The number of hydrogen-bond donors (Lipinski definition) is 2. The zero-order valence-electron chi connectivity index (χ0n) is 19.0. The fraction of sp³-hybridized carbons (Fsp3) is 0.478. The lowest BCUT2D eigenvalue weighted by Gasteiger charge is -2.33. The molecule has 0 radical (unpaired) electrons. The van der Waals surface area contributed by atoms with Crippen molar-refractivity contribution in [3.63, 3.8) is 0 Å². The van der Waals surface area contributed by atoms with Crippen LogP contribution in [0.15, 0.2) is 46.8 Å². The van der Waals surface area contributed by atoms with Gasteiger partial charge in [0.15, 0.2) is 5.96 Å². The lowest BCUT2D eigenvalue weighted by atomic mass is 10.1. The molecule has 1 aromatic heterocycles. The number of anilines is 1. The molecule has 1 fully saturated rings. The van der Waals surface area contributed by atoms with Crippen molar-refractivity contribution < 1.29 is 9.53 Å². The van der Waals surface area contributed by atoms with Crippen molar-refractivity contribution in [1.29, 1.82) is 0 Å². The van der Waals surface area contributed by atoms with Crippen LogP contribution in [0.5, 0.6) is 5.75 Å². The Kier molecular flexibility index (Phi) is 11.1. The number of likely N-dealkylation sites (N-methyl/N-ethyl adjacent to an activating group) is 1. The maximum Gasteiger partial charge on any atom is 0.243 e. The molecule has 7 nitrogen and oxygen atoms in total. The van der Waals surface area contributed by atoms with Gasteiger partial charge in [-0.1, -0.05) is 12.1 Å². The van der Waals surface area contributed by atoms with Gasteiger partial charge >= 0.3 is 0 Å². The molecule has 2 heterocycles. The van der Waals surface area contributed by atoms with Gasteiger partial charge in [-0.05, 0) is 54.5 Å². The van der Waals surface area contributed by atoms with Crippen LogP contribution in [0.4, 0.5) is 5.00 Å². The van der Waals surface area contributed by atoms with Crippen LogP contribution in [0, 0.1) is 0 Å². The van der Waals surface area contributed by atoms with Crippen molar-refractivity contribution in [2.75, 3.05) is 52.3 Å². The maximum absolute atomic E-state index is 12.0. The van der Waals surface area contributed by atoms with Crippen LogP contribution in [-0.4, -0.2) is 70.2 Å². The predicted octanol–water partition coefficient (Wildman–Crippen LogP) is 3.21. The molecule has 0 spiro atoms. The van der Waals surface area contributed by atoms with Crippen LogP contribution in [0.25, 0.3) is 0 Å². The van der Waals surface area contributed by atoms with Crippen LogP contribution in [0.2, 0.25) is 0 Å². The molecule has 1 amide bonds. The van der Waals surface area contributed by atoms with E-state index in [1.54, 1.807) is 37.4 Å². The van der Waals surface area contributed by atoms with Gasteiger partial charge in [-0.3, -0.25) is 4.79 Å². The predicted molar refractivity (Wildman–Crippen MR) is 144 cm³/mol. The second-order valence-corrected chi connectivity index (χ2v) is 8.76. The van der Waals surface area contributed by atoms with Crippen LogP contribution < -0.4 is 20.3 Å². The number of carbonyl (C=O) groups is 1. The molecule has 0 aliphatic carbocycles. The summed E-state index contributed by atoms with van der Waals surface area (Å²) in [6.45, 7) is 2.92. The van der Waals surface area contributed by atoms with Crippen molar-refractivity contribution in [3.05, 3.63) is 47.3 Å². The number of carbonyl (C=O) groups excluding carboxylic acids is 1. The van der Waals surface area contributed by atoms with Gasteiger partial charge in [0.25, 0.3) is 0 Å². The second kappa shape index (κ2) is 13.5. The number of thiophene rings is 1. The Labute approximate surface area is 212 Å². The van der Waals surface area contributed by atoms with Crippen LogP contribution in [0.3, 0.4) is 0 Å². The molecular weight excluding hydrogens is 537 g/mol. The molecule has 32 heavy (non-hydrogen) atoms. The SMILES string of the molecule is COc1ccc(CCNC(=NCC(=O)N(C)C)NC2CCN(c3cccs3)CC2)cc1.I. The van der Waals surface area contributed by atoms with Crippen molar-refractivity contribution in [1.82, 2.24) is 15.5 Å². The Bertz CT molecular complexity index is 835. The Morgan fingerprint density at radius 3 is 2.53 bits per heavy atom. The Morgan fingerprint density at radius 2 is 1.94 bits per heavy atom. The first-order valence-corrected chi connectivity index (χ1v) is 11.6. The van der Waals surface area contributed by atoms with Gasteiger partial charge < -0.3 is 25.2 Å². The number of piperidine rings is 1. The number of rotatable bonds is 8. The molecule has 1 aromatic carbocycles. The van der Waals surface area contributed by atoms with Crippen LogP contribution >= 0.6 is 35.3 Å². The van der Waals surface area contributed by atoms with Gasteiger partial charge in [0.2, 0.25) is 5.91 Å². The zero-order chi connectivity index (χ0) is 22.1. The molecule has 0 saturated carbocycles. The first kappa shape index (κ1) is 26.2. The summed E-state index contributed by atoms with van der Waals surface area (Å²) < 4.78 is 5.22. The lowest BCUT2D eigenvalue weighted by Crippen LogP contribution is -2.49. The molecule has 1 saturated heterocycles. The average Bonchev–Trinajstić information content (AvgIpc) is 3.33. The highest BCUT2D eigenvalue weighted by Gasteiger charge is 2.21. The lowest BCUT2D eigenvalue weighted by molar-refractivity contribution is -0.127. The summed E-state index contributed by atoms with van der Waals surface area (Å²) in [5.41, 5.74) is 1.22. The monoisotopic (exact) mass is 571 g/mol. The van der Waals surface area contributed by atoms with Crippen LogP contribution in [0.1, 0.15) is 18.4 Å². The van der Waals surface area contributed by atoms with E-state index in [9.17, 15) is 4.79 Å². The number of benzene rings is 1. The summed E-state index contributed by atoms with van der Waals surface area (Å²) in [7, 11) is 5.18. The maximum atomic E-state index is 12.0. The fourth-order valence-electron chi connectivity index (χ4n) is 3.45. The summed E-state index contributed by atoms with van der Waals surface area (Å²) in [5, 5.41) is 10.4. The van der Waals surface area contributed by atoms with E-state index in [-0.39, 0.29) is 36.4 Å². The summed E-state index contributed by atoms with van der Waals surface area (Å²) in [6, 6.07) is 12.7. The summed E-state index contributed by atoms with van der Waals surface area (Å²) in [4.78, 5) is 20.6. The van der Waals surface area contributed by atoms with E-state index in [1.807, 2.05) is 12.1 Å². The molecule has 9 heteroatoms. The number of hydrogen-bond acceptors (Lipinski definition) is 5. The van der Waals surface area contributed by atoms with Gasteiger partial charge in [-0.15, -0.1) is 35.3 Å². The van der Waals surface area contributed by atoms with Crippen LogP contribution in [-0.2, 0) is 11.2 Å². The minimum absolute atomic E-state index is 0. The van der Waals surface area contributed by atoms with E-state index < -0.39 is 0 Å². The van der Waals surface area contributed by atoms with E-state index >= 15 is 0 Å². The highest BCUT2D eigenvalue weighted by atomic mass is 127. The quantitative estimate of drug-likeness (QED) is 0.290. The number of nitrogens with zero attached hydrogens (tertiary/aromatic N) is 3. The number of guanidine groups is 1. The normalized spacial score (nSPS) is 14.5. The highest BCUT2D eigenvalue weighted by molar-refractivity contribution is 14.0. The second-order valence-electron chi connectivity index (χ2n) is 7.83. The number of amides is 1. The van der Waals surface area contributed by atoms with Gasteiger partial charge in [0.1, 0.15) is 12.3 Å². The first-order valence-electron chi connectivity index (χ1n) is 10.7. The third-order valence-corrected chi connectivity index (χ3v) is 6.32. The number of aliphatic imine (C=N–C) groups is 1. The Morgan fingerprint density at radius 1 is 1.22 bits per heavy atom. The number of halogens is 1. The topological polar surface area (TPSA) is 69.2 Å². The molecule has 1 aliphatic rings. The van der Waals surface area contributed by atoms with Crippen molar-refractivity contribution in [3.8, 4) is 5.75 Å². The van der Waals surface area contributed by atoms with E-state index in [0.717, 1.165) is 44.6 Å². The standard InChI is InChI=1S/C23H33N5O2S.HI/c1-27(2)21(29)17-25-23(24-13-10-18-6-8-20(30-3)9-7-18)26-19-11-14-28(15-12-19)22-5-4-16-31-22;/h4-9,16,19H,10-15,17H2,1-3H3,(H2,24,25,26);1H. The van der Waals surface area contributed by atoms with E-state index in [2.05, 4.69) is 50.2 Å². The van der Waals surface area contributed by atoms with Gasteiger partial charge in [0, 0.05) is 39.8 Å². The fourth-order valence-corrected chi connectivity index (χ4v) is 4.23. The molecule has 176 valence electrons. The molecule has 0 unspecified atom stereocenters. The van der Waals surface area contributed by atoms with E-state index in [0.29, 0.717) is 12.0 Å². The smallest absolute Gasteiger partial charge is 0.243 e. The molecule has 1 aliphatic heterocycles. The molecule has 0 bridgehead atoms. The van der Waals surface area contributed by atoms with Crippen molar-refractivity contribution >= 4 is 52.2 Å². The van der Waals surface area contributed by atoms with Crippen molar-refractivity contribution in [2.45, 2.75) is 25.3 Å². The third-order valence-electron chi connectivity index (χ3n) is 5.39. The average molecular weight is 572 g/mol. The van der Waals surface area contributed by atoms with Gasteiger partial charge in [-0.2, -0.15) is 0 Å². The van der Waals surface area contributed by atoms with Gasteiger partial charge in [-0.25, -0.2) is 4.99 Å².